The minimum absolute atomic E-state index is 0.137. The summed E-state index contributed by atoms with van der Waals surface area (Å²) in [6.45, 7) is 3.86. The van der Waals surface area contributed by atoms with Crippen LogP contribution in [0.1, 0.15) is 29.8 Å². The largest absolute Gasteiger partial charge is 0.481 e. The lowest BCUT2D eigenvalue weighted by molar-refractivity contribution is -0.143. The molecule has 8 heteroatoms. The number of carboxylic acids is 1. The highest BCUT2D eigenvalue weighted by Gasteiger charge is 2.50. The number of aryl methyl sites for hydroxylation is 1. The van der Waals surface area contributed by atoms with Crippen LogP contribution in [0.3, 0.4) is 0 Å². The summed E-state index contributed by atoms with van der Waals surface area (Å²) < 4.78 is 1.69. The maximum atomic E-state index is 12.3. The average molecular weight is 396 g/mol. The number of halogens is 2. The Morgan fingerprint density at radius 2 is 2.00 bits per heavy atom. The molecule has 1 saturated carbocycles. The summed E-state index contributed by atoms with van der Waals surface area (Å²) in [6.07, 6.45) is 1.35. The number of nitrogens with one attached hydrogen (secondary N) is 1. The zero-order valence-corrected chi connectivity index (χ0v) is 16.0. The van der Waals surface area contributed by atoms with Crippen molar-refractivity contribution in [3.05, 3.63) is 45.2 Å². The summed E-state index contributed by atoms with van der Waals surface area (Å²) in [5.74, 6) is -1.07. The van der Waals surface area contributed by atoms with Crippen molar-refractivity contribution in [2.75, 3.05) is 6.54 Å². The quantitative estimate of drug-likeness (QED) is 0.785. The Balaban J connectivity index is 1.76. The van der Waals surface area contributed by atoms with Gasteiger partial charge in [0.1, 0.15) is 0 Å². The molecule has 1 heterocycles. The van der Waals surface area contributed by atoms with E-state index >= 15 is 0 Å². The lowest BCUT2D eigenvalue weighted by atomic mass is 10.1. The van der Waals surface area contributed by atoms with Crippen molar-refractivity contribution >= 4 is 35.1 Å². The number of carbonyl (C=O) groups is 2. The number of carbonyl (C=O) groups excluding carboxylic acids is 1. The van der Waals surface area contributed by atoms with E-state index in [0.717, 1.165) is 17.0 Å². The van der Waals surface area contributed by atoms with E-state index in [1.807, 2.05) is 13.8 Å². The van der Waals surface area contributed by atoms with Gasteiger partial charge in [-0.3, -0.25) is 9.59 Å². The van der Waals surface area contributed by atoms with Crippen molar-refractivity contribution in [3.8, 4) is 5.69 Å². The second-order valence-corrected chi connectivity index (χ2v) is 7.54. The van der Waals surface area contributed by atoms with E-state index in [4.69, 9.17) is 23.2 Å². The van der Waals surface area contributed by atoms with Gasteiger partial charge in [0.25, 0.3) is 0 Å². The van der Waals surface area contributed by atoms with Crippen molar-refractivity contribution in [2.24, 2.45) is 5.41 Å². The Hall–Kier alpha value is -2.05. The summed E-state index contributed by atoms with van der Waals surface area (Å²) in [6, 6.07) is 5.15. The Bertz CT molecular complexity index is 888. The van der Waals surface area contributed by atoms with E-state index in [-0.39, 0.29) is 18.9 Å². The predicted octanol–water partition coefficient (Wildman–Crippen LogP) is 3.32. The molecule has 0 bridgehead atoms. The summed E-state index contributed by atoms with van der Waals surface area (Å²) in [7, 11) is 0. The fourth-order valence-electron chi connectivity index (χ4n) is 2.93. The Labute approximate surface area is 161 Å². The third-order valence-electron chi connectivity index (χ3n) is 4.85. The molecule has 1 aliphatic rings. The standard InChI is InChI=1S/C18H19Cl2N3O3/c1-10-13(8-16(24)21-9-18(5-6-18)17(25)26)11(2)23(22-10)15-4-3-12(19)7-14(15)20/h3-4,7H,5-6,8-9H2,1-2H3,(H,21,24)(H,25,26). The molecule has 2 N–H and O–H groups in total. The summed E-state index contributed by atoms with van der Waals surface area (Å²) in [5.41, 5.74) is 2.24. The van der Waals surface area contributed by atoms with Crippen LogP contribution in [0.2, 0.25) is 10.0 Å². The first-order valence-corrected chi connectivity index (χ1v) is 9.00. The van der Waals surface area contributed by atoms with Crippen molar-refractivity contribution in [1.82, 2.24) is 15.1 Å². The molecule has 1 aromatic heterocycles. The number of amides is 1. The maximum absolute atomic E-state index is 12.3. The number of hydrogen-bond donors (Lipinski definition) is 2. The molecule has 2 aromatic rings. The Kier molecular flexibility index (Phi) is 4.99. The fraction of sp³-hybridized carbons (Fsp3) is 0.389. The lowest BCUT2D eigenvalue weighted by Gasteiger charge is -2.11. The molecule has 0 spiro atoms. The minimum atomic E-state index is -0.852. The van der Waals surface area contributed by atoms with Gasteiger partial charge in [0, 0.05) is 22.8 Å². The molecule has 0 saturated heterocycles. The minimum Gasteiger partial charge on any atom is -0.481 e. The van der Waals surface area contributed by atoms with Gasteiger partial charge in [-0.2, -0.15) is 5.10 Å². The molecular weight excluding hydrogens is 377 g/mol. The SMILES string of the molecule is Cc1nn(-c2ccc(Cl)cc2Cl)c(C)c1CC(=O)NCC1(C(=O)O)CC1. The molecule has 1 amide bonds. The van der Waals surface area contributed by atoms with Crippen molar-refractivity contribution < 1.29 is 14.7 Å². The van der Waals surface area contributed by atoms with Gasteiger partial charge in [-0.25, -0.2) is 4.68 Å². The first-order valence-electron chi connectivity index (χ1n) is 8.24. The van der Waals surface area contributed by atoms with Crippen LogP contribution < -0.4 is 5.32 Å². The highest BCUT2D eigenvalue weighted by Crippen LogP contribution is 2.45. The monoisotopic (exact) mass is 395 g/mol. The van der Waals surface area contributed by atoms with Gasteiger partial charge in [-0.1, -0.05) is 23.2 Å². The Morgan fingerprint density at radius 1 is 1.31 bits per heavy atom. The second-order valence-electron chi connectivity index (χ2n) is 6.70. The van der Waals surface area contributed by atoms with Crippen molar-refractivity contribution in [2.45, 2.75) is 33.1 Å². The van der Waals surface area contributed by atoms with Gasteiger partial charge in [-0.05, 0) is 44.9 Å². The third-order valence-corrected chi connectivity index (χ3v) is 5.39. The maximum Gasteiger partial charge on any atom is 0.311 e. The number of rotatable bonds is 6. The molecule has 0 radical (unpaired) electrons. The van der Waals surface area contributed by atoms with E-state index in [1.165, 1.54) is 0 Å². The first-order chi connectivity index (χ1) is 12.2. The number of nitrogens with zero attached hydrogens (tertiary/aromatic N) is 2. The highest BCUT2D eigenvalue weighted by atomic mass is 35.5. The molecule has 26 heavy (non-hydrogen) atoms. The van der Waals surface area contributed by atoms with Crippen LogP contribution in [-0.4, -0.2) is 33.3 Å². The number of benzene rings is 1. The van der Waals surface area contributed by atoms with Gasteiger partial charge in [0.15, 0.2) is 0 Å². The summed E-state index contributed by atoms with van der Waals surface area (Å²) >= 11 is 12.2. The van der Waals surface area contributed by atoms with Gasteiger partial charge in [-0.15, -0.1) is 0 Å². The molecule has 6 nitrogen and oxygen atoms in total. The zero-order chi connectivity index (χ0) is 19.1. The van der Waals surface area contributed by atoms with Gasteiger partial charge < -0.3 is 10.4 Å². The summed E-state index contributed by atoms with van der Waals surface area (Å²) in [5, 5.41) is 17.4. The van der Waals surface area contributed by atoms with E-state index in [2.05, 4.69) is 10.4 Å². The molecular formula is C18H19Cl2N3O3. The fourth-order valence-corrected chi connectivity index (χ4v) is 3.41. The van der Waals surface area contributed by atoms with Crippen LogP contribution in [0, 0.1) is 19.3 Å². The molecule has 0 aliphatic heterocycles. The molecule has 1 fully saturated rings. The Morgan fingerprint density at radius 3 is 2.58 bits per heavy atom. The number of aliphatic carboxylic acids is 1. The van der Waals surface area contributed by atoms with Gasteiger partial charge in [0.2, 0.25) is 5.91 Å². The molecule has 0 atom stereocenters. The van der Waals surface area contributed by atoms with Gasteiger partial charge in [0.05, 0.1) is 28.2 Å². The van der Waals surface area contributed by atoms with Crippen molar-refractivity contribution in [1.29, 1.82) is 0 Å². The van der Waals surface area contributed by atoms with Crippen LogP contribution in [0.5, 0.6) is 0 Å². The van der Waals surface area contributed by atoms with Crippen LogP contribution in [0.4, 0.5) is 0 Å². The third kappa shape index (κ3) is 3.57. The summed E-state index contributed by atoms with van der Waals surface area (Å²) in [4.78, 5) is 23.5. The second kappa shape index (κ2) is 6.93. The zero-order valence-electron chi connectivity index (χ0n) is 14.5. The molecule has 1 aromatic carbocycles. The molecule has 3 rings (SSSR count). The van der Waals surface area contributed by atoms with Crippen LogP contribution in [0.15, 0.2) is 18.2 Å². The molecule has 0 unspecified atom stereocenters. The van der Waals surface area contributed by atoms with E-state index < -0.39 is 11.4 Å². The van der Waals surface area contributed by atoms with Crippen LogP contribution in [0.25, 0.3) is 5.69 Å². The normalized spacial score (nSPS) is 14.9. The first kappa shape index (κ1) is 18.7. The van der Waals surface area contributed by atoms with E-state index in [9.17, 15) is 14.7 Å². The highest BCUT2D eigenvalue weighted by molar-refractivity contribution is 6.35. The van der Waals surface area contributed by atoms with Crippen molar-refractivity contribution in [3.63, 3.8) is 0 Å². The average Bonchev–Trinajstić information content (AvgIpc) is 3.32. The topological polar surface area (TPSA) is 84.2 Å². The molecule has 1 aliphatic carbocycles. The van der Waals surface area contributed by atoms with Gasteiger partial charge >= 0.3 is 5.97 Å². The van der Waals surface area contributed by atoms with E-state index in [0.29, 0.717) is 28.6 Å². The molecule has 138 valence electrons. The van der Waals surface area contributed by atoms with Crippen LogP contribution in [-0.2, 0) is 16.0 Å². The van der Waals surface area contributed by atoms with E-state index in [1.54, 1.807) is 22.9 Å². The predicted molar refractivity (Wildman–Crippen MR) is 99.1 cm³/mol. The number of carboxylic acid groups (broad SMARTS) is 1. The smallest absolute Gasteiger partial charge is 0.311 e. The number of aromatic nitrogens is 2. The number of hydrogen-bond acceptors (Lipinski definition) is 3. The van der Waals surface area contributed by atoms with Crippen LogP contribution >= 0.6 is 23.2 Å². The lowest BCUT2D eigenvalue weighted by Crippen LogP contribution is -2.35.